The average Bonchev–Trinajstić information content (AvgIpc) is 3.24. The molecule has 0 aliphatic carbocycles. The molecule has 180 valence electrons. The van der Waals surface area contributed by atoms with E-state index >= 15 is 4.39 Å². The first-order valence-corrected chi connectivity index (χ1v) is 11.9. The number of aromatic nitrogens is 3. The van der Waals surface area contributed by atoms with E-state index in [1.807, 2.05) is 41.3 Å². The van der Waals surface area contributed by atoms with Gasteiger partial charge < -0.3 is 15.0 Å². The first kappa shape index (κ1) is 23.5. The van der Waals surface area contributed by atoms with Crippen LogP contribution in [-0.4, -0.2) is 33.2 Å². The average molecular weight is 495 g/mol. The molecule has 0 saturated heterocycles. The maximum atomic E-state index is 15.1. The zero-order valence-corrected chi connectivity index (χ0v) is 20.2. The van der Waals surface area contributed by atoms with Crippen molar-refractivity contribution in [3.63, 3.8) is 0 Å². The number of halogens is 3. The summed E-state index contributed by atoms with van der Waals surface area (Å²) < 4.78 is 29.4. The summed E-state index contributed by atoms with van der Waals surface area (Å²) in [7, 11) is 0. The van der Waals surface area contributed by atoms with Crippen LogP contribution in [0.5, 0.6) is 0 Å². The second-order valence-corrected chi connectivity index (χ2v) is 9.14. The van der Waals surface area contributed by atoms with Gasteiger partial charge in [0, 0.05) is 29.7 Å². The topological polar surface area (TPSA) is 65.0 Å². The highest BCUT2D eigenvalue weighted by atomic mass is 35.5. The van der Waals surface area contributed by atoms with Crippen molar-refractivity contribution in [1.82, 2.24) is 15.0 Å². The molecule has 1 atom stereocenters. The summed E-state index contributed by atoms with van der Waals surface area (Å²) in [6.45, 7) is 3.89. The summed E-state index contributed by atoms with van der Waals surface area (Å²) in [5, 5.41) is 9.61. The summed E-state index contributed by atoms with van der Waals surface area (Å²) in [4.78, 5) is 14.4. The van der Waals surface area contributed by atoms with E-state index in [0.29, 0.717) is 36.2 Å². The molecule has 5 nitrogen and oxygen atoms in total. The number of anilines is 1. The minimum absolute atomic E-state index is 0.0883. The molecule has 0 spiro atoms. The number of aliphatic hydroxyl groups excluding tert-OH is 1. The fourth-order valence-corrected chi connectivity index (χ4v) is 4.93. The van der Waals surface area contributed by atoms with Gasteiger partial charge in [-0.2, -0.15) is 0 Å². The fourth-order valence-electron chi connectivity index (χ4n) is 4.77. The van der Waals surface area contributed by atoms with Crippen LogP contribution in [0.2, 0.25) is 5.02 Å². The Morgan fingerprint density at radius 3 is 2.49 bits per heavy atom. The van der Waals surface area contributed by atoms with Crippen LogP contribution in [0.1, 0.15) is 46.2 Å². The van der Waals surface area contributed by atoms with Crippen LogP contribution in [0.4, 0.5) is 14.7 Å². The minimum atomic E-state index is -0.428. The number of H-pyrrole nitrogens is 1. The van der Waals surface area contributed by atoms with Gasteiger partial charge in [0.05, 0.1) is 22.5 Å². The first-order valence-electron chi connectivity index (χ1n) is 11.5. The molecule has 2 aromatic heterocycles. The first-order chi connectivity index (χ1) is 16.9. The van der Waals surface area contributed by atoms with Crippen molar-refractivity contribution in [3.8, 4) is 0 Å². The molecule has 0 fully saturated rings. The van der Waals surface area contributed by atoms with Crippen molar-refractivity contribution in [2.45, 2.75) is 32.7 Å². The van der Waals surface area contributed by atoms with Gasteiger partial charge in [-0.3, -0.25) is 0 Å². The number of nitrogens with one attached hydrogen (secondary N) is 1. The molecular weight excluding hydrogens is 470 g/mol. The van der Waals surface area contributed by atoms with E-state index in [1.54, 1.807) is 26.0 Å². The molecule has 35 heavy (non-hydrogen) atoms. The molecule has 3 heterocycles. The Bertz CT molecular complexity index is 1410. The van der Waals surface area contributed by atoms with Crippen molar-refractivity contribution < 1.29 is 13.9 Å². The van der Waals surface area contributed by atoms with E-state index in [2.05, 4.69) is 15.0 Å². The van der Waals surface area contributed by atoms with E-state index in [4.69, 9.17) is 16.7 Å². The van der Waals surface area contributed by atoms with Gasteiger partial charge >= 0.3 is 0 Å². The zero-order chi connectivity index (χ0) is 24.7. The third-order valence-corrected chi connectivity index (χ3v) is 6.76. The second kappa shape index (κ2) is 9.40. The summed E-state index contributed by atoms with van der Waals surface area (Å²) >= 11 is 6.11. The van der Waals surface area contributed by atoms with E-state index in [9.17, 15) is 4.39 Å². The molecule has 2 N–H and O–H groups in total. The second-order valence-electron chi connectivity index (χ2n) is 8.74. The third kappa shape index (κ3) is 4.19. The van der Waals surface area contributed by atoms with Gasteiger partial charge in [-0.25, -0.2) is 18.7 Å². The molecule has 5 rings (SSSR count). The largest absolute Gasteiger partial charge is 0.396 e. The number of benzene rings is 2. The van der Waals surface area contributed by atoms with Crippen molar-refractivity contribution in [2.75, 3.05) is 18.1 Å². The highest BCUT2D eigenvalue weighted by Gasteiger charge is 2.34. The van der Waals surface area contributed by atoms with Gasteiger partial charge in [0.25, 0.3) is 0 Å². The van der Waals surface area contributed by atoms with Gasteiger partial charge in [-0.1, -0.05) is 48.0 Å². The van der Waals surface area contributed by atoms with E-state index in [0.717, 1.165) is 22.4 Å². The van der Waals surface area contributed by atoms with E-state index in [1.165, 1.54) is 0 Å². The molecule has 1 unspecified atom stereocenters. The maximum absolute atomic E-state index is 15.1. The van der Waals surface area contributed by atoms with Crippen LogP contribution >= 0.6 is 11.6 Å². The lowest BCUT2D eigenvalue weighted by atomic mass is 9.92. The van der Waals surface area contributed by atoms with Crippen LogP contribution in [0.15, 0.2) is 42.5 Å². The van der Waals surface area contributed by atoms with Gasteiger partial charge in [0.2, 0.25) is 5.95 Å². The quantitative estimate of drug-likeness (QED) is 0.354. The SMILES string of the molecule is Cc1nc(N2CCc3c([nH]c4ccc(Cl)c(F)c34)C2c2ccc(/C=C/CCO)cc2)nc(C)c1F. The van der Waals surface area contributed by atoms with Gasteiger partial charge in [-0.15, -0.1) is 0 Å². The molecule has 2 aromatic carbocycles. The Hall–Kier alpha value is -3.29. The number of aryl methyl sites for hydroxylation is 2. The predicted molar refractivity (Wildman–Crippen MR) is 135 cm³/mol. The van der Waals surface area contributed by atoms with Gasteiger partial charge in [0.15, 0.2) is 11.6 Å². The summed E-state index contributed by atoms with van der Waals surface area (Å²) in [5.41, 5.74) is 4.95. The monoisotopic (exact) mass is 494 g/mol. The Morgan fingerprint density at radius 1 is 1.09 bits per heavy atom. The summed E-state index contributed by atoms with van der Waals surface area (Å²) in [6, 6.07) is 11.0. The highest BCUT2D eigenvalue weighted by Crippen LogP contribution is 2.41. The molecule has 1 aliphatic heterocycles. The van der Waals surface area contributed by atoms with Gasteiger partial charge in [-0.05, 0) is 55.5 Å². The number of aromatic amines is 1. The maximum Gasteiger partial charge on any atom is 0.226 e. The van der Waals surface area contributed by atoms with Crippen molar-refractivity contribution >= 4 is 34.5 Å². The van der Waals surface area contributed by atoms with Crippen molar-refractivity contribution in [3.05, 3.63) is 92.9 Å². The standard InChI is InChI=1S/C27H25ClF2N4O/c1-15-23(29)16(2)32-27(31-15)34-13-12-19-22-21(11-10-20(28)24(22)30)33-25(19)26(34)18-8-6-17(7-9-18)5-3-4-14-35/h3,5-11,26,33,35H,4,12-14H2,1-2H3/b5-3+. The normalized spacial score (nSPS) is 15.8. The summed E-state index contributed by atoms with van der Waals surface area (Å²) in [5.74, 6) is -0.409. The van der Waals surface area contributed by atoms with Crippen molar-refractivity contribution in [2.24, 2.45) is 0 Å². The van der Waals surface area contributed by atoms with Crippen LogP contribution < -0.4 is 4.90 Å². The van der Waals surface area contributed by atoms with Crippen LogP contribution in [0, 0.1) is 25.5 Å². The number of aliphatic hydroxyl groups is 1. The molecule has 0 amide bonds. The molecule has 0 radical (unpaired) electrons. The zero-order valence-electron chi connectivity index (χ0n) is 19.4. The number of nitrogens with zero attached hydrogens (tertiary/aromatic N) is 3. The molecule has 1 aliphatic rings. The molecule has 0 bridgehead atoms. The predicted octanol–water partition coefficient (Wildman–Crippen LogP) is 6.05. The molecular formula is C27H25ClF2N4O. The van der Waals surface area contributed by atoms with Crippen molar-refractivity contribution in [1.29, 1.82) is 0 Å². The van der Waals surface area contributed by atoms with Crippen LogP contribution in [0.3, 0.4) is 0 Å². The third-order valence-electron chi connectivity index (χ3n) is 6.46. The van der Waals surface area contributed by atoms with Crippen LogP contribution in [-0.2, 0) is 6.42 Å². The highest BCUT2D eigenvalue weighted by molar-refractivity contribution is 6.31. The lowest BCUT2D eigenvalue weighted by Gasteiger charge is -2.36. The molecule has 4 aromatic rings. The van der Waals surface area contributed by atoms with Gasteiger partial charge in [0.1, 0.15) is 0 Å². The van der Waals surface area contributed by atoms with E-state index in [-0.39, 0.29) is 29.1 Å². The Morgan fingerprint density at radius 2 is 1.80 bits per heavy atom. The van der Waals surface area contributed by atoms with E-state index < -0.39 is 11.6 Å². The molecule has 0 saturated carbocycles. The summed E-state index contributed by atoms with van der Waals surface area (Å²) in [6.07, 6.45) is 5.03. The Labute approximate surface area is 207 Å². The number of rotatable bonds is 5. The Balaban J connectivity index is 1.66. The minimum Gasteiger partial charge on any atom is -0.396 e. The van der Waals surface area contributed by atoms with Crippen LogP contribution in [0.25, 0.3) is 17.0 Å². The number of hydrogen-bond acceptors (Lipinski definition) is 4. The smallest absolute Gasteiger partial charge is 0.226 e. The number of fused-ring (bicyclic) bond motifs is 3. The lowest BCUT2D eigenvalue weighted by Crippen LogP contribution is -2.37. The fraction of sp³-hybridized carbons (Fsp3) is 0.259. The Kier molecular flexibility index (Phi) is 6.30. The lowest BCUT2D eigenvalue weighted by molar-refractivity contribution is 0.303. The number of hydrogen-bond donors (Lipinski definition) is 2. The molecule has 8 heteroatoms.